The number of hydrogen-bond donors (Lipinski definition) is 2. The zero-order valence-corrected chi connectivity index (χ0v) is 17.4. The Bertz CT molecular complexity index is 451. The number of thiazole rings is 1. The zero-order chi connectivity index (χ0) is 15.7. The van der Waals surface area contributed by atoms with Gasteiger partial charge >= 0.3 is 0 Å². The van der Waals surface area contributed by atoms with Crippen LogP contribution >= 0.6 is 35.3 Å². The summed E-state index contributed by atoms with van der Waals surface area (Å²) >= 11 is 1.78. The van der Waals surface area contributed by atoms with Crippen LogP contribution in [0, 0.1) is 6.92 Å². The topological polar surface area (TPSA) is 58.5 Å². The maximum atomic E-state index is 5.13. The van der Waals surface area contributed by atoms with Gasteiger partial charge in [0.1, 0.15) is 0 Å². The Hall–Kier alpha value is -0.410. The second-order valence-electron chi connectivity index (χ2n) is 4.98. The molecule has 1 heterocycles. The first-order valence-corrected chi connectivity index (χ1v) is 8.41. The first kappa shape index (κ1) is 21.6. The summed E-state index contributed by atoms with van der Waals surface area (Å²) < 4.78 is 5.13. The molecule has 0 fully saturated rings. The molecule has 1 unspecified atom stereocenters. The van der Waals surface area contributed by atoms with Gasteiger partial charge in [0.2, 0.25) is 0 Å². The summed E-state index contributed by atoms with van der Waals surface area (Å²) in [5, 5.41) is 7.76. The summed E-state index contributed by atoms with van der Waals surface area (Å²) in [6, 6.07) is 0.238. The van der Waals surface area contributed by atoms with Crippen molar-refractivity contribution in [1.29, 1.82) is 0 Å². The Kier molecular flexibility index (Phi) is 11.8. The molecule has 0 saturated heterocycles. The fourth-order valence-corrected chi connectivity index (χ4v) is 3.04. The molecule has 0 amide bonds. The van der Waals surface area contributed by atoms with E-state index in [2.05, 4.69) is 48.3 Å². The predicted octanol–water partition coefficient (Wildman–Crippen LogP) is 2.76. The molecule has 0 bridgehead atoms. The summed E-state index contributed by atoms with van der Waals surface area (Å²) in [4.78, 5) is 10.6. The van der Waals surface area contributed by atoms with E-state index in [1.165, 1.54) is 15.6 Å². The molecule has 2 N–H and O–H groups in total. The Balaban J connectivity index is 0.00000441. The van der Waals surface area contributed by atoms with Crippen molar-refractivity contribution in [2.75, 3.05) is 26.8 Å². The molecule has 1 atom stereocenters. The average molecular weight is 440 g/mol. The Morgan fingerprint density at radius 3 is 2.68 bits per heavy atom. The second kappa shape index (κ2) is 12.1. The molecule has 0 aliphatic carbocycles. The van der Waals surface area contributed by atoms with E-state index in [0.29, 0.717) is 6.61 Å². The van der Waals surface area contributed by atoms with Crippen LogP contribution in [0.4, 0.5) is 0 Å². The molecule has 128 valence electrons. The van der Waals surface area contributed by atoms with Crippen molar-refractivity contribution in [3.63, 3.8) is 0 Å². The Morgan fingerprint density at radius 2 is 2.14 bits per heavy atom. The monoisotopic (exact) mass is 440 g/mol. The highest BCUT2D eigenvalue weighted by Crippen LogP contribution is 2.18. The van der Waals surface area contributed by atoms with E-state index in [0.717, 1.165) is 31.9 Å². The van der Waals surface area contributed by atoms with E-state index in [1.54, 1.807) is 18.4 Å². The molecular formula is C15H29IN4OS. The number of guanidine groups is 1. The number of methoxy groups -OCH3 is 1. The van der Waals surface area contributed by atoms with Crippen LogP contribution in [0.15, 0.2) is 4.99 Å². The molecule has 0 aliphatic rings. The number of ether oxygens (including phenoxy) is 1. The number of rotatable bonds is 8. The van der Waals surface area contributed by atoms with Gasteiger partial charge in [-0.1, -0.05) is 6.92 Å². The van der Waals surface area contributed by atoms with E-state index in [4.69, 9.17) is 4.74 Å². The smallest absolute Gasteiger partial charge is 0.191 e. The molecule has 7 heteroatoms. The Labute approximate surface area is 155 Å². The minimum absolute atomic E-state index is 0. The fraction of sp³-hybridized carbons (Fsp3) is 0.733. The van der Waals surface area contributed by atoms with Crippen molar-refractivity contribution in [2.45, 2.75) is 46.6 Å². The highest BCUT2D eigenvalue weighted by molar-refractivity contribution is 14.0. The van der Waals surface area contributed by atoms with Crippen molar-refractivity contribution in [1.82, 2.24) is 15.6 Å². The molecule has 0 aromatic carbocycles. The van der Waals surface area contributed by atoms with Crippen molar-refractivity contribution in [3.05, 3.63) is 15.6 Å². The van der Waals surface area contributed by atoms with E-state index in [9.17, 15) is 0 Å². The first-order chi connectivity index (χ1) is 10.1. The molecule has 0 radical (unpaired) electrons. The molecule has 22 heavy (non-hydrogen) atoms. The number of aryl methyl sites for hydroxylation is 2. The molecular weight excluding hydrogens is 411 g/mol. The van der Waals surface area contributed by atoms with Gasteiger partial charge in [0.15, 0.2) is 5.96 Å². The van der Waals surface area contributed by atoms with Crippen LogP contribution in [-0.4, -0.2) is 43.8 Å². The maximum Gasteiger partial charge on any atom is 0.191 e. The molecule has 1 rings (SSSR count). The SMILES string of the molecule is CCNC(=NCCc1nc(CC)c(C)s1)NC(C)COC.I. The van der Waals surface area contributed by atoms with Crippen molar-refractivity contribution in [3.8, 4) is 0 Å². The highest BCUT2D eigenvalue weighted by Gasteiger charge is 2.07. The third-order valence-electron chi connectivity index (χ3n) is 3.01. The summed E-state index contributed by atoms with van der Waals surface area (Å²) in [6.07, 6.45) is 1.89. The molecule has 1 aromatic heterocycles. The number of nitrogens with zero attached hydrogens (tertiary/aromatic N) is 2. The van der Waals surface area contributed by atoms with Gasteiger partial charge in [0.25, 0.3) is 0 Å². The van der Waals surface area contributed by atoms with Gasteiger partial charge in [-0.05, 0) is 27.2 Å². The van der Waals surface area contributed by atoms with Gasteiger partial charge in [-0.2, -0.15) is 0 Å². The quantitative estimate of drug-likeness (QED) is 0.371. The fourth-order valence-electron chi connectivity index (χ4n) is 2.03. The van der Waals surface area contributed by atoms with Crippen LogP contribution in [0.25, 0.3) is 0 Å². The van der Waals surface area contributed by atoms with Crippen LogP contribution in [0.5, 0.6) is 0 Å². The number of hydrogen-bond acceptors (Lipinski definition) is 4. The summed E-state index contributed by atoms with van der Waals surface area (Å²) in [7, 11) is 1.71. The lowest BCUT2D eigenvalue weighted by Crippen LogP contribution is -2.44. The zero-order valence-electron chi connectivity index (χ0n) is 14.2. The number of aliphatic imine (C=N–C) groups is 1. The van der Waals surface area contributed by atoms with Gasteiger partial charge in [0.05, 0.1) is 17.3 Å². The minimum Gasteiger partial charge on any atom is -0.383 e. The van der Waals surface area contributed by atoms with Crippen LogP contribution in [0.1, 0.15) is 36.3 Å². The number of aromatic nitrogens is 1. The van der Waals surface area contributed by atoms with Crippen LogP contribution < -0.4 is 10.6 Å². The lowest BCUT2D eigenvalue weighted by atomic mass is 10.3. The van der Waals surface area contributed by atoms with E-state index >= 15 is 0 Å². The third kappa shape index (κ3) is 7.73. The van der Waals surface area contributed by atoms with Gasteiger partial charge in [-0.3, -0.25) is 4.99 Å². The van der Waals surface area contributed by atoms with E-state index in [1.807, 2.05) is 0 Å². The van der Waals surface area contributed by atoms with Crippen molar-refractivity contribution in [2.24, 2.45) is 4.99 Å². The summed E-state index contributed by atoms with van der Waals surface area (Å²) in [5.74, 6) is 0.839. The molecule has 0 spiro atoms. The van der Waals surface area contributed by atoms with Crippen molar-refractivity contribution < 1.29 is 4.74 Å². The Morgan fingerprint density at radius 1 is 1.41 bits per heavy atom. The summed E-state index contributed by atoms with van der Waals surface area (Å²) in [6.45, 7) is 10.7. The van der Waals surface area contributed by atoms with Gasteiger partial charge in [0, 0.05) is 37.5 Å². The average Bonchev–Trinajstić information content (AvgIpc) is 2.79. The minimum atomic E-state index is 0. The van der Waals surface area contributed by atoms with E-state index < -0.39 is 0 Å². The lowest BCUT2D eigenvalue weighted by molar-refractivity contribution is 0.179. The predicted molar refractivity (Wildman–Crippen MR) is 106 cm³/mol. The number of halogens is 1. The first-order valence-electron chi connectivity index (χ1n) is 7.59. The van der Waals surface area contributed by atoms with Crippen LogP contribution in [0.3, 0.4) is 0 Å². The van der Waals surface area contributed by atoms with Gasteiger partial charge in [-0.15, -0.1) is 35.3 Å². The normalized spacial score (nSPS) is 12.7. The largest absolute Gasteiger partial charge is 0.383 e. The molecule has 5 nitrogen and oxygen atoms in total. The van der Waals surface area contributed by atoms with Crippen molar-refractivity contribution >= 4 is 41.3 Å². The van der Waals surface area contributed by atoms with Gasteiger partial charge in [-0.25, -0.2) is 4.98 Å². The molecule has 1 aromatic rings. The third-order valence-corrected chi connectivity index (χ3v) is 4.08. The number of nitrogens with one attached hydrogen (secondary N) is 2. The lowest BCUT2D eigenvalue weighted by Gasteiger charge is -2.16. The van der Waals surface area contributed by atoms with Crippen LogP contribution in [-0.2, 0) is 17.6 Å². The van der Waals surface area contributed by atoms with E-state index in [-0.39, 0.29) is 30.0 Å². The summed E-state index contributed by atoms with van der Waals surface area (Å²) in [5.41, 5.74) is 1.22. The standard InChI is InChI=1S/C15H28N4OS.HI/c1-6-13-12(4)21-14(19-13)8-9-17-15(16-7-2)18-11(3)10-20-5;/h11H,6-10H2,1-5H3,(H2,16,17,18);1H. The van der Waals surface area contributed by atoms with Gasteiger partial charge < -0.3 is 15.4 Å². The molecule has 0 saturated carbocycles. The highest BCUT2D eigenvalue weighted by atomic mass is 127. The maximum absolute atomic E-state index is 5.13. The second-order valence-corrected chi connectivity index (χ2v) is 6.26. The molecule has 0 aliphatic heterocycles. The van der Waals surface area contributed by atoms with Crippen LogP contribution in [0.2, 0.25) is 0 Å².